The van der Waals surface area contributed by atoms with Crippen LogP contribution in [0, 0.1) is 0 Å². The summed E-state index contributed by atoms with van der Waals surface area (Å²) in [4.78, 5) is 23.0. The average Bonchev–Trinajstić information content (AvgIpc) is 2.91. The molecular formula is C15H28NNaO3. The van der Waals surface area contributed by atoms with Gasteiger partial charge in [0.2, 0.25) is 0 Å². The van der Waals surface area contributed by atoms with Crippen molar-refractivity contribution in [2.24, 2.45) is 0 Å². The van der Waals surface area contributed by atoms with Gasteiger partial charge in [0.15, 0.2) is 0 Å². The van der Waals surface area contributed by atoms with Crippen LogP contribution in [0.15, 0.2) is 0 Å². The van der Waals surface area contributed by atoms with Crippen LogP contribution in [-0.2, 0) is 14.3 Å². The van der Waals surface area contributed by atoms with Crippen LogP contribution >= 0.6 is 0 Å². The van der Waals surface area contributed by atoms with Crippen LogP contribution in [0.5, 0.6) is 0 Å². The summed E-state index contributed by atoms with van der Waals surface area (Å²) in [6, 6.07) is -0.266. The predicted octanol–water partition coefficient (Wildman–Crippen LogP) is 0.0654. The third-order valence-corrected chi connectivity index (χ3v) is 3.54. The van der Waals surface area contributed by atoms with Gasteiger partial charge in [-0.3, -0.25) is 4.79 Å². The van der Waals surface area contributed by atoms with Gasteiger partial charge in [-0.1, -0.05) is 45.4 Å². The largest absolute Gasteiger partial charge is 1.00 e. The number of carbonyl (C=O) groups is 2. The van der Waals surface area contributed by atoms with Crippen molar-refractivity contribution in [3.05, 3.63) is 0 Å². The molecule has 1 aliphatic rings. The van der Waals surface area contributed by atoms with Crippen molar-refractivity contribution >= 4 is 11.9 Å². The molecule has 0 aromatic rings. The minimum Gasteiger partial charge on any atom is -1.00 e. The zero-order chi connectivity index (χ0) is 13.9. The molecule has 1 rings (SSSR count). The van der Waals surface area contributed by atoms with Crippen LogP contribution in [-0.4, -0.2) is 24.5 Å². The normalized spacial score (nSPS) is 17.6. The Morgan fingerprint density at radius 2 is 1.80 bits per heavy atom. The van der Waals surface area contributed by atoms with E-state index in [0.717, 1.165) is 32.2 Å². The van der Waals surface area contributed by atoms with Crippen molar-refractivity contribution in [1.82, 2.24) is 5.32 Å². The number of unbranched alkanes of at least 4 members (excludes halogenated alkanes) is 6. The molecule has 1 saturated heterocycles. The Kier molecular flexibility index (Phi) is 12.9. The Morgan fingerprint density at radius 3 is 2.40 bits per heavy atom. The summed E-state index contributed by atoms with van der Waals surface area (Å²) >= 11 is 0. The van der Waals surface area contributed by atoms with Gasteiger partial charge in [0.1, 0.15) is 6.04 Å². The van der Waals surface area contributed by atoms with Gasteiger partial charge in [0.25, 0.3) is 0 Å². The molecule has 1 heterocycles. The van der Waals surface area contributed by atoms with Gasteiger partial charge in [-0.05, 0) is 25.8 Å². The van der Waals surface area contributed by atoms with Crippen molar-refractivity contribution in [3.8, 4) is 0 Å². The monoisotopic (exact) mass is 293 g/mol. The molecule has 0 unspecified atom stereocenters. The van der Waals surface area contributed by atoms with Gasteiger partial charge in [0, 0.05) is 6.42 Å². The quantitative estimate of drug-likeness (QED) is 0.283. The van der Waals surface area contributed by atoms with E-state index in [1.54, 1.807) is 0 Å². The van der Waals surface area contributed by atoms with Crippen LogP contribution in [0.25, 0.3) is 0 Å². The molecular weight excluding hydrogens is 265 g/mol. The van der Waals surface area contributed by atoms with Crippen LogP contribution in [0.1, 0.15) is 72.6 Å². The molecule has 0 amide bonds. The fraction of sp³-hybridized carbons (Fsp3) is 0.867. The van der Waals surface area contributed by atoms with Crippen molar-refractivity contribution in [2.75, 3.05) is 6.54 Å². The van der Waals surface area contributed by atoms with Gasteiger partial charge in [0.05, 0.1) is 0 Å². The molecule has 1 N–H and O–H groups in total. The molecule has 0 radical (unpaired) electrons. The number of carbonyl (C=O) groups excluding carboxylic acids is 2. The number of hydrogen-bond donors (Lipinski definition) is 1. The molecule has 5 heteroatoms. The molecule has 0 aromatic carbocycles. The van der Waals surface area contributed by atoms with Crippen molar-refractivity contribution in [3.63, 3.8) is 0 Å². The molecule has 1 aliphatic heterocycles. The Hall–Kier alpha value is 0.1000. The first-order chi connectivity index (χ1) is 9.24. The number of esters is 2. The predicted molar refractivity (Wildman–Crippen MR) is 75.8 cm³/mol. The van der Waals surface area contributed by atoms with E-state index in [-0.39, 0.29) is 43.0 Å². The molecule has 112 valence electrons. The summed E-state index contributed by atoms with van der Waals surface area (Å²) in [6.45, 7) is 3.04. The van der Waals surface area contributed by atoms with E-state index in [4.69, 9.17) is 4.74 Å². The molecule has 20 heavy (non-hydrogen) atoms. The summed E-state index contributed by atoms with van der Waals surface area (Å²) in [7, 11) is 0. The molecule has 0 aliphatic carbocycles. The SMILES string of the molecule is CCCCCCCCCC(=O)OC(=O)[C@@H]1CCCN1.[H-].[Na+]. The zero-order valence-electron chi connectivity index (χ0n) is 14.1. The Labute approximate surface area is 146 Å². The zero-order valence-corrected chi connectivity index (χ0v) is 15.1. The Balaban J connectivity index is 0. The van der Waals surface area contributed by atoms with Gasteiger partial charge < -0.3 is 11.5 Å². The van der Waals surface area contributed by atoms with E-state index in [2.05, 4.69) is 12.2 Å². The van der Waals surface area contributed by atoms with E-state index in [1.807, 2.05) is 0 Å². The number of nitrogens with one attached hydrogen (secondary N) is 1. The van der Waals surface area contributed by atoms with Crippen molar-refractivity contribution < 1.29 is 45.3 Å². The maximum absolute atomic E-state index is 11.6. The van der Waals surface area contributed by atoms with Gasteiger partial charge in [-0.25, -0.2) is 4.79 Å². The molecule has 0 spiro atoms. The van der Waals surface area contributed by atoms with Crippen molar-refractivity contribution in [1.29, 1.82) is 0 Å². The van der Waals surface area contributed by atoms with Crippen LogP contribution in [0.4, 0.5) is 0 Å². The molecule has 4 nitrogen and oxygen atoms in total. The van der Waals surface area contributed by atoms with Gasteiger partial charge >= 0.3 is 41.5 Å². The summed E-state index contributed by atoms with van der Waals surface area (Å²) in [5.41, 5.74) is 0. The molecule has 1 fully saturated rings. The molecule has 0 bridgehead atoms. The van der Waals surface area contributed by atoms with Crippen molar-refractivity contribution in [2.45, 2.75) is 77.2 Å². The minimum absolute atomic E-state index is 0. The molecule has 0 saturated carbocycles. The van der Waals surface area contributed by atoms with E-state index in [1.165, 1.54) is 32.1 Å². The summed E-state index contributed by atoms with van der Waals surface area (Å²) in [5, 5.41) is 3.03. The number of ether oxygens (including phenoxy) is 1. The Bertz CT molecular complexity index is 284. The molecule has 1 atom stereocenters. The van der Waals surface area contributed by atoms with Gasteiger partial charge in [-0.2, -0.15) is 0 Å². The van der Waals surface area contributed by atoms with Crippen LogP contribution in [0.2, 0.25) is 0 Å². The number of rotatable bonds is 9. The Morgan fingerprint density at radius 1 is 1.15 bits per heavy atom. The second kappa shape index (κ2) is 12.8. The first kappa shape index (κ1) is 20.1. The maximum Gasteiger partial charge on any atom is 1.00 e. The third-order valence-electron chi connectivity index (χ3n) is 3.54. The third kappa shape index (κ3) is 9.11. The van der Waals surface area contributed by atoms with Crippen LogP contribution in [0.3, 0.4) is 0 Å². The van der Waals surface area contributed by atoms with E-state index in [9.17, 15) is 9.59 Å². The second-order valence-electron chi connectivity index (χ2n) is 5.31. The summed E-state index contributed by atoms with van der Waals surface area (Å²) in [6.07, 6.45) is 10.3. The second-order valence-corrected chi connectivity index (χ2v) is 5.31. The summed E-state index contributed by atoms with van der Waals surface area (Å²) in [5.74, 6) is -0.766. The number of hydrogen-bond acceptors (Lipinski definition) is 4. The fourth-order valence-corrected chi connectivity index (χ4v) is 2.35. The minimum atomic E-state index is -0.398. The topological polar surface area (TPSA) is 55.4 Å². The fourth-order valence-electron chi connectivity index (χ4n) is 2.35. The first-order valence-corrected chi connectivity index (χ1v) is 7.72. The van der Waals surface area contributed by atoms with Gasteiger partial charge in [-0.15, -0.1) is 0 Å². The first-order valence-electron chi connectivity index (χ1n) is 7.72. The van der Waals surface area contributed by atoms with Crippen LogP contribution < -0.4 is 34.9 Å². The molecule has 0 aromatic heterocycles. The maximum atomic E-state index is 11.6. The van der Waals surface area contributed by atoms with E-state index in [0.29, 0.717) is 6.42 Å². The smallest absolute Gasteiger partial charge is 1.00 e. The average molecular weight is 293 g/mol. The summed E-state index contributed by atoms with van der Waals surface area (Å²) < 4.78 is 4.84. The van der Waals surface area contributed by atoms with E-state index < -0.39 is 5.97 Å². The van der Waals surface area contributed by atoms with E-state index >= 15 is 0 Å². The standard InChI is InChI=1S/C15H27NO3.Na.H/c1-2-3-4-5-6-7-8-11-14(17)19-15(18)13-10-9-12-16-13;;/h13,16H,2-12H2,1H3;;/q;+1;-1/t13-;;/m0../s1.